The zero-order valence-electron chi connectivity index (χ0n) is 19.4. The predicted octanol–water partition coefficient (Wildman–Crippen LogP) is 4.39. The number of allylic oxidation sites excluding steroid dienone is 1. The van der Waals surface area contributed by atoms with E-state index in [4.69, 9.17) is 4.74 Å². The first-order valence-electron chi connectivity index (χ1n) is 11.5. The molecule has 0 saturated heterocycles. The molecule has 170 valence electrons. The minimum Gasteiger partial charge on any atom is -0.508 e. The Hall–Kier alpha value is -1.85. The number of ether oxygens (including phenoxy) is 1. The number of hydrogen-bond acceptors (Lipinski definition) is 5. The molecule has 31 heavy (non-hydrogen) atoms. The van der Waals surface area contributed by atoms with Crippen LogP contribution in [0.4, 0.5) is 0 Å². The first kappa shape index (κ1) is 22.3. The summed E-state index contributed by atoms with van der Waals surface area (Å²) in [6.07, 6.45) is 7.10. The molecule has 5 heteroatoms. The number of carbonyl (C=O) groups excluding carboxylic acids is 1. The van der Waals surface area contributed by atoms with Gasteiger partial charge in [0.05, 0.1) is 12.7 Å². The fraction of sp³-hybridized carbons (Fsp3) is 0.654. The number of fused-ring (bicyclic) bond motifs is 3. The molecule has 1 aromatic carbocycles. The summed E-state index contributed by atoms with van der Waals surface area (Å²) in [6, 6.07) is 1.60. The van der Waals surface area contributed by atoms with Crippen LogP contribution in [0.25, 0.3) is 6.08 Å². The lowest BCUT2D eigenvalue weighted by Crippen LogP contribution is -2.66. The van der Waals surface area contributed by atoms with E-state index < -0.39 is 5.60 Å². The lowest BCUT2D eigenvalue weighted by Gasteiger charge is -2.64. The summed E-state index contributed by atoms with van der Waals surface area (Å²) in [7, 11) is 0. The third-order valence-electron chi connectivity index (χ3n) is 8.98. The number of hydrogen-bond donors (Lipinski definition) is 3. The van der Waals surface area contributed by atoms with Gasteiger partial charge < -0.3 is 20.1 Å². The van der Waals surface area contributed by atoms with Crippen molar-refractivity contribution in [1.29, 1.82) is 0 Å². The van der Waals surface area contributed by atoms with E-state index >= 15 is 0 Å². The molecule has 5 atom stereocenters. The molecule has 1 heterocycles. The van der Waals surface area contributed by atoms with Crippen LogP contribution in [-0.4, -0.2) is 32.8 Å². The zero-order chi connectivity index (χ0) is 22.8. The van der Waals surface area contributed by atoms with E-state index in [0.717, 1.165) is 31.2 Å². The fourth-order valence-corrected chi connectivity index (χ4v) is 7.08. The van der Waals surface area contributed by atoms with E-state index in [-0.39, 0.29) is 41.0 Å². The molecule has 0 amide bonds. The highest BCUT2D eigenvalue weighted by Gasteiger charge is 2.67. The Morgan fingerprint density at radius 2 is 1.97 bits per heavy atom. The number of phenols is 1. The topological polar surface area (TPSA) is 87.0 Å². The molecular formula is C26H36O5. The maximum Gasteiger partial charge on any atom is 0.152 e. The summed E-state index contributed by atoms with van der Waals surface area (Å²) in [4.78, 5) is 11.6. The Bertz CT molecular complexity index is 932. The molecule has 4 rings (SSSR count). The molecule has 3 aliphatic rings. The van der Waals surface area contributed by atoms with Crippen LogP contribution in [0, 0.1) is 22.7 Å². The van der Waals surface area contributed by atoms with E-state index in [1.54, 1.807) is 12.1 Å². The van der Waals surface area contributed by atoms with Crippen molar-refractivity contribution in [2.45, 2.75) is 85.0 Å². The summed E-state index contributed by atoms with van der Waals surface area (Å²) in [5, 5.41) is 31.6. The van der Waals surface area contributed by atoms with Crippen LogP contribution in [0.15, 0.2) is 12.1 Å². The highest BCUT2D eigenvalue weighted by Crippen LogP contribution is 2.67. The van der Waals surface area contributed by atoms with Crippen molar-refractivity contribution in [1.82, 2.24) is 0 Å². The van der Waals surface area contributed by atoms with Crippen molar-refractivity contribution in [2.24, 2.45) is 22.7 Å². The fourth-order valence-electron chi connectivity index (χ4n) is 7.08. The molecule has 1 aliphatic heterocycles. The molecule has 2 aliphatic carbocycles. The van der Waals surface area contributed by atoms with Crippen LogP contribution in [0.3, 0.4) is 0 Å². The first-order valence-corrected chi connectivity index (χ1v) is 11.5. The predicted molar refractivity (Wildman–Crippen MR) is 120 cm³/mol. The molecule has 5 nitrogen and oxygen atoms in total. The number of aliphatic hydroxyl groups is 2. The van der Waals surface area contributed by atoms with Gasteiger partial charge in [-0.15, -0.1) is 0 Å². The summed E-state index contributed by atoms with van der Waals surface area (Å²) >= 11 is 0. The number of ketones is 1. The minimum absolute atomic E-state index is 0.0838. The lowest BCUT2D eigenvalue weighted by molar-refractivity contribution is -0.210. The molecule has 0 unspecified atom stereocenters. The monoisotopic (exact) mass is 428 g/mol. The molecule has 1 aromatic rings. The number of carbonyl (C=O) groups is 1. The van der Waals surface area contributed by atoms with Gasteiger partial charge in [-0.05, 0) is 73.6 Å². The number of rotatable bonds is 3. The Morgan fingerprint density at radius 3 is 2.61 bits per heavy atom. The first-order chi connectivity index (χ1) is 14.5. The second kappa shape index (κ2) is 7.35. The maximum atomic E-state index is 11.6. The van der Waals surface area contributed by atoms with Gasteiger partial charge in [-0.2, -0.15) is 0 Å². The summed E-state index contributed by atoms with van der Waals surface area (Å²) in [6.45, 7) is 10.1. The third-order valence-corrected chi connectivity index (χ3v) is 8.98. The van der Waals surface area contributed by atoms with Crippen LogP contribution in [-0.2, 0) is 17.8 Å². The Morgan fingerprint density at radius 1 is 1.26 bits per heavy atom. The standard InChI is InChI=1S/C26H36O5/c1-15-6-9-21-24(3,4)22(30)10-11-25(21,5)26(15)13-19-20(29)12-17(14-27)18(23(19)31-26)8-7-16(2)28/h7-8,12,15,21-22,27,29-30H,6,9-11,13-14H2,1-5H3/t15-,21+,22-,25+,26-/m1/s1. The molecule has 2 fully saturated rings. The molecule has 3 N–H and O–H groups in total. The van der Waals surface area contributed by atoms with Crippen LogP contribution in [0.2, 0.25) is 0 Å². The van der Waals surface area contributed by atoms with Crippen LogP contribution >= 0.6 is 0 Å². The summed E-state index contributed by atoms with van der Waals surface area (Å²) < 4.78 is 6.92. The molecule has 0 bridgehead atoms. The van der Waals surface area contributed by atoms with Crippen molar-refractivity contribution in [3.8, 4) is 11.5 Å². The average molecular weight is 429 g/mol. The number of aliphatic hydroxyl groups excluding tert-OH is 2. The van der Waals surface area contributed by atoms with Gasteiger partial charge in [0, 0.05) is 23.0 Å². The Kier molecular flexibility index (Phi) is 5.30. The second-order valence-electron chi connectivity index (χ2n) is 10.9. The van der Waals surface area contributed by atoms with Crippen molar-refractivity contribution < 1.29 is 24.9 Å². The van der Waals surface area contributed by atoms with Gasteiger partial charge in [-0.1, -0.05) is 27.7 Å². The molecule has 1 spiro atoms. The molecule has 0 radical (unpaired) electrons. The van der Waals surface area contributed by atoms with E-state index in [0.29, 0.717) is 29.2 Å². The van der Waals surface area contributed by atoms with Crippen LogP contribution < -0.4 is 4.74 Å². The van der Waals surface area contributed by atoms with Gasteiger partial charge >= 0.3 is 0 Å². The second-order valence-corrected chi connectivity index (χ2v) is 10.9. The van der Waals surface area contributed by atoms with E-state index in [9.17, 15) is 20.1 Å². The van der Waals surface area contributed by atoms with Gasteiger partial charge in [0.1, 0.15) is 17.1 Å². The van der Waals surface area contributed by atoms with Gasteiger partial charge in [0.2, 0.25) is 0 Å². The molecule has 0 aromatic heterocycles. The normalized spacial score (nSPS) is 36.3. The number of benzene rings is 1. The van der Waals surface area contributed by atoms with Crippen LogP contribution in [0.5, 0.6) is 11.5 Å². The quantitative estimate of drug-likeness (QED) is 0.622. The highest BCUT2D eigenvalue weighted by molar-refractivity contribution is 5.92. The van der Waals surface area contributed by atoms with Crippen LogP contribution in [0.1, 0.15) is 77.0 Å². The molecular weight excluding hydrogens is 392 g/mol. The van der Waals surface area contributed by atoms with Crippen molar-refractivity contribution in [2.75, 3.05) is 0 Å². The van der Waals surface area contributed by atoms with Crippen molar-refractivity contribution in [3.05, 3.63) is 28.8 Å². The van der Waals surface area contributed by atoms with Gasteiger partial charge in [-0.25, -0.2) is 0 Å². The SMILES string of the molecule is CC(=O)C=Cc1c(CO)cc(O)c2c1O[C@]1(C2)[C@H](C)CC[C@H]2C(C)(C)[C@H](O)CC[C@@]21C. The molecule has 2 saturated carbocycles. The smallest absolute Gasteiger partial charge is 0.152 e. The summed E-state index contributed by atoms with van der Waals surface area (Å²) in [5.41, 5.74) is 1.11. The summed E-state index contributed by atoms with van der Waals surface area (Å²) in [5.74, 6) is 1.22. The number of aromatic hydroxyl groups is 1. The third kappa shape index (κ3) is 3.07. The minimum atomic E-state index is -0.500. The lowest BCUT2D eigenvalue weighted by atomic mass is 9.43. The zero-order valence-corrected chi connectivity index (χ0v) is 19.4. The average Bonchev–Trinajstić information content (AvgIpc) is 3.11. The van der Waals surface area contributed by atoms with Gasteiger partial charge in [-0.3, -0.25) is 4.79 Å². The van der Waals surface area contributed by atoms with Gasteiger partial charge in [0.15, 0.2) is 5.78 Å². The van der Waals surface area contributed by atoms with Crippen molar-refractivity contribution >= 4 is 11.9 Å². The maximum absolute atomic E-state index is 11.6. The van der Waals surface area contributed by atoms with E-state index in [2.05, 4.69) is 27.7 Å². The Labute approximate surface area is 185 Å². The van der Waals surface area contributed by atoms with Gasteiger partial charge in [0.25, 0.3) is 0 Å². The Balaban J connectivity index is 1.87. The largest absolute Gasteiger partial charge is 0.508 e. The number of phenolic OH excluding ortho intramolecular Hbond substituents is 1. The van der Waals surface area contributed by atoms with Crippen molar-refractivity contribution in [3.63, 3.8) is 0 Å². The highest BCUT2D eigenvalue weighted by atomic mass is 16.5. The van der Waals surface area contributed by atoms with E-state index in [1.165, 1.54) is 13.0 Å². The van der Waals surface area contributed by atoms with E-state index in [1.807, 2.05) is 0 Å².